The average Bonchev–Trinajstić information content (AvgIpc) is 2.52. The van der Waals surface area contributed by atoms with Gasteiger partial charge in [0.1, 0.15) is 0 Å². The Kier molecular flexibility index (Phi) is 3.47. The molecule has 2 rings (SSSR count). The van der Waals surface area contributed by atoms with Gasteiger partial charge in [-0.15, -0.1) is 0 Å². The number of halogens is 1. The minimum absolute atomic E-state index is 0.103. The molecule has 1 atom stereocenters. The van der Waals surface area contributed by atoms with Crippen LogP contribution in [-0.4, -0.2) is 28.7 Å². The molecule has 0 bridgehead atoms. The van der Waals surface area contributed by atoms with Gasteiger partial charge in [0.05, 0.1) is 4.83 Å². The van der Waals surface area contributed by atoms with E-state index < -0.39 is 0 Å². The van der Waals surface area contributed by atoms with E-state index in [1.165, 1.54) is 32.1 Å². The highest BCUT2D eigenvalue weighted by molar-refractivity contribution is 9.10. The van der Waals surface area contributed by atoms with Gasteiger partial charge in [0.15, 0.2) is 0 Å². The van der Waals surface area contributed by atoms with Gasteiger partial charge in [0, 0.05) is 13.1 Å². The van der Waals surface area contributed by atoms with Gasteiger partial charge in [-0.3, -0.25) is 4.79 Å². The van der Waals surface area contributed by atoms with Crippen LogP contribution < -0.4 is 0 Å². The van der Waals surface area contributed by atoms with Crippen LogP contribution in [-0.2, 0) is 4.79 Å². The normalized spacial score (nSPS) is 29.9. The smallest absolute Gasteiger partial charge is 0.236 e. The molecule has 14 heavy (non-hydrogen) atoms. The Morgan fingerprint density at radius 2 is 1.93 bits per heavy atom. The fraction of sp³-hybridized carbons (Fsp3) is 0.909. The molecule has 2 aliphatic rings. The van der Waals surface area contributed by atoms with E-state index in [-0.39, 0.29) is 4.83 Å². The Hall–Kier alpha value is -0.0500. The molecule has 0 aromatic carbocycles. The predicted molar refractivity (Wildman–Crippen MR) is 60.5 cm³/mol. The van der Waals surface area contributed by atoms with Gasteiger partial charge in [-0.25, -0.2) is 0 Å². The number of likely N-dealkylation sites (tertiary alicyclic amines) is 1. The Balaban J connectivity index is 1.82. The largest absolute Gasteiger partial charge is 0.341 e. The van der Waals surface area contributed by atoms with E-state index in [0.717, 1.165) is 25.4 Å². The van der Waals surface area contributed by atoms with Gasteiger partial charge in [-0.2, -0.15) is 0 Å². The SMILES string of the molecule is O=C1C(Br)CCN1CC1CCCCC1. The number of carbonyl (C=O) groups is 1. The van der Waals surface area contributed by atoms with Crippen molar-refractivity contribution in [3.8, 4) is 0 Å². The van der Waals surface area contributed by atoms with E-state index in [0.29, 0.717) is 5.91 Å². The third kappa shape index (κ3) is 2.30. The fourth-order valence-electron chi connectivity index (χ4n) is 2.56. The zero-order valence-corrected chi connectivity index (χ0v) is 10.1. The van der Waals surface area contributed by atoms with Crippen LogP contribution in [0.5, 0.6) is 0 Å². The van der Waals surface area contributed by atoms with Crippen LogP contribution in [0.3, 0.4) is 0 Å². The zero-order valence-electron chi connectivity index (χ0n) is 8.54. The van der Waals surface area contributed by atoms with Crippen LogP contribution in [0.2, 0.25) is 0 Å². The van der Waals surface area contributed by atoms with Gasteiger partial charge in [0.2, 0.25) is 5.91 Å². The molecule has 1 saturated carbocycles. The summed E-state index contributed by atoms with van der Waals surface area (Å²) in [4.78, 5) is 13.8. The summed E-state index contributed by atoms with van der Waals surface area (Å²) in [5, 5.41) is 0. The van der Waals surface area contributed by atoms with Gasteiger partial charge in [-0.1, -0.05) is 35.2 Å². The van der Waals surface area contributed by atoms with Gasteiger partial charge in [0.25, 0.3) is 0 Å². The Morgan fingerprint density at radius 1 is 1.21 bits per heavy atom. The molecule has 2 fully saturated rings. The van der Waals surface area contributed by atoms with E-state index in [4.69, 9.17) is 0 Å². The molecule has 1 heterocycles. The second kappa shape index (κ2) is 4.65. The molecule has 1 aliphatic heterocycles. The molecule has 3 heteroatoms. The second-order valence-electron chi connectivity index (χ2n) is 4.54. The van der Waals surface area contributed by atoms with E-state index in [1.807, 2.05) is 0 Å². The molecular formula is C11H18BrNO. The molecule has 0 N–H and O–H groups in total. The highest BCUT2D eigenvalue weighted by Crippen LogP contribution is 2.27. The van der Waals surface area contributed by atoms with Crippen LogP contribution in [0.15, 0.2) is 0 Å². The second-order valence-corrected chi connectivity index (χ2v) is 5.65. The number of nitrogens with zero attached hydrogens (tertiary/aromatic N) is 1. The van der Waals surface area contributed by atoms with Crippen molar-refractivity contribution < 1.29 is 4.79 Å². The summed E-state index contributed by atoms with van der Waals surface area (Å²) in [5.41, 5.74) is 0. The molecule has 1 amide bonds. The molecule has 1 saturated heterocycles. The molecule has 2 nitrogen and oxygen atoms in total. The van der Waals surface area contributed by atoms with Crippen molar-refractivity contribution >= 4 is 21.8 Å². The number of carbonyl (C=O) groups excluding carboxylic acids is 1. The van der Waals surface area contributed by atoms with Crippen molar-refractivity contribution in [1.82, 2.24) is 4.90 Å². The number of alkyl halides is 1. The summed E-state index contributed by atoms with van der Waals surface area (Å²) in [6.07, 6.45) is 7.78. The summed E-state index contributed by atoms with van der Waals surface area (Å²) in [6.45, 7) is 1.98. The van der Waals surface area contributed by atoms with Crippen LogP contribution in [0, 0.1) is 5.92 Å². The van der Waals surface area contributed by atoms with Crippen molar-refractivity contribution in [2.75, 3.05) is 13.1 Å². The summed E-state index contributed by atoms with van der Waals surface area (Å²) < 4.78 is 0. The molecular weight excluding hydrogens is 242 g/mol. The predicted octanol–water partition coefficient (Wildman–Crippen LogP) is 2.56. The third-order valence-corrected chi connectivity index (χ3v) is 4.28. The lowest BCUT2D eigenvalue weighted by Crippen LogP contribution is -2.33. The lowest BCUT2D eigenvalue weighted by molar-refractivity contribution is -0.127. The topological polar surface area (TPSA) is 20.3 Å². The first-order chi connectivity index (χ1) is 6.77. The standard InChI is InChI=1S/C11H18BrNO/c12-10-6-7-13(11(10)14)8-9-4-2-1-3-5-9/h9-10H,1-8H2. The molecule has 0 radical (unpaired) electrons. The lowest BCUT2D eigenvalue weighted by Gasteiger charge is -2.26. The minimum atomic E-state index is 0.103. The molecule has 80 valence electrons. The fourth-order valence-corrected chi connectivity index (χ4v) is 3.06. The highest BCUT2D eigenvalue weighted by Gasteiger charge is 2.30. The van der Waals surface area contributed by atoms with Crippen molar-refractivity contribution in [2.45, 2.75) is 43.4 Å². The number of rotatable bonds is 2. The quantitative estimate of drug-likeness (QED) is 0.699. The van der Waals surface area contributed by atoms with E-state index in [2.05, 4.69) is 20.8 Å². The molecule has 1 unspecified atom stereocenters. The zero-order chi connectivity index (χ0) is 9.97. The van der Waals surface area contributed by atoms with Gasteiger partial charge in [-0.05, 0) is 25.2 Å². The van der Waals surface area contributed by atoms with Crippen molar-refractivity contribution in [1.29, 1.82) is 0 Å². The first kappa shape index (κ1) is 10.5. The number of amides is 1. The lowest BCUT2D eigenvalue weighted by atomic mass is 9.89. The summed E-state index contributed by atoms with van der Waals surface area (Å²) in [6, 6.07) is 0. The summed E-state index contributed by atoms with van der Waals surface area (Å²) in [5.74, 6) is 1.10. The maximum atomic E-state index is 11.7. The van der Waals surface area contributed by atoms with Crippen LogP contribution in [0.4, 0.5) is 0 Å². The van der Waals surface area contributed by atoms with Crippen LogP contribution in [0.1, 0.15) is 38.5 Å². The van der Waals surface area contributed by atoms with E-state index >= 15 is 0 Å². The molecule has 0 aromatic rings. The Labute approximate surface area is 94.2 Å². The Bertz CT molecular complexity index is 213. The van der Waals surface area contributed by atoms with E-state index in [9.17, 15) is 4.79 Å². The van der Waals surface area contributed by atoms with Crippen LogP contribution in [0.25, 0.3) is 0 Å². The van der Waals surface area contributed by atoms with Crippen molar-refractivity contribution in [3.05, 3.63) is 0 Å². The van der Waals surface area contributed by atoms with Crippen LogP contribution >= 0.6 is 15.9 Å². The monoisotopic (exact) mass is 259 g/mol. The van der Waals surface area contributed by atoms with Crippen molar-refractivity contribution in [3.63, 3.8) is 0 Å². The molecule has 0 aromatic heterocycles. The third-order valence-electron chi connectivity index (χ3n) is 3.44. The molecule has 0 spiro atoms. The number of hydrogen-bond donors (Lipinski definition) is 0. The van der Waals surface area contributed by atoms with Gasteiger partial charge < -0.3 is 4.90 Å². The van der Waals surface area contributed by atoms with Crippen molar-refractivity contribution in [2.24, 2.45) is 5.92 Å². The average molecular weight is 260 g/mol. The van der Waals surface area contributed by atoms with Gasteiger partial charge >= 0.3 is 0 Å². The first-order valence-corrected chi connectivity index (χ1v) is 6.62. The minimum Gasteiger partial charge on any atom is -0.341 e. The number of hydrogen-bond acceptors (Lipinski definition) is 1. The first-order valence-electron chi connectivity index (χ1n) is 5.70. The summed E-state index contributed by atoms with van der Waals surface area (Å²) in [7, 11) is 0. The highest BCUT2D eigenvalue weighted by atomic mass is 79.9. The van der Waals surface area contributed by atoms with E-state index in [1.54, 1.807) is 0 Å². The Morgan fingerprint density at radius 3 is 2.50 bits per heavy atom. The maximum Gasteiger partial charge on any atom is 0.236 e. The maximum absolute atomic E-state index is 11.7. The summed E-state index contributed by atoms with van der Waals surface area (Å²) >= 11 is 3.42. The molecule has 1 aliphatic carbocycles.